The molecular formula is C19H17N3O5S2. The zero-order chi connectivity index (χ0) is 21.0. The highest BCUT2D eigenvalue weighted by molar-refractivity contribution is 8.03. The van der Waals surface area contributed by atoms with Crippen molar-refractivity contribution < 1.29 is 18.9 Å². The number of ether oxygens (including phenoxy) is 1. The summed E-state index contributed by atoms with van der Waals surface area (Å²) in [6, 6.07) is 8.47. The van der Waals surface area contributed by atoms with Crippen LogP contribution in [0.25, 0.3) is 16.3 Å². The number of furan rings is 1. The highest BCUT2D eigenvalue weighted by atomic mass is 32.2. The number of carbonyl (C=O) groups excluding carboxylic acids is 1. The number of thioether (sulfide) groups is 1. The number of methoxy groups -OCH3 is 1. The Labute approximate surface area is 174 Å². The average molecular weight is 431 g/mol. The van der Waals surface area contributed by atoms with Crippen LogP contribution in [-0.4, -0.2) is 28.0 Å². The van der Waals surface area contributed by atoms with Crippen LogP contribution in [0.2, 0.25) is 0 Å². The smallest absolute Gasteiger partial charge is 0.433 e. The minimum atomic E-state index is -0.603. The Hall–Kier alpha value is -2.98. The first-order valence-corrected chi connectivity index (χ1v) is 10.1. The number of rotatable bonds is 8. The first kappa shape index (κ1) is 20.7. The van der Waals surface area contributed by atoms with E-state index >= 15 is 0 Å². The lowest BCUT2D eigenvalue weighted by Crippen LogP contribution is -1.96. The van der Waals surface area contributed by atoms with Gasteiger partial charge in [-0.1, -0.05) is 29.2 Å². The number of hydrogen-bond acceptors (Lipinski definition) is 9. The first-order chi connectivity index (χ1) is 13.9. The van der Waals surface area contributed by atoms with E-state index in [-0.39, 0.29) is 18.1 Å². The van der Waals surface area contributed by atoms with Gasteiger partial charge in [-0.05, 0) is 54.2 Å². The van der Waals surface area contributed by atoms with Crippen molar-refractivity contribution in [3.05, 3.63) is 57.0 Å². The van der Waals surface area contributed by atoms with Crippen LogP contribution >= 0.6 is 23.1 Å². The fourth-order valence-electron chi connectivity index (χ4n) is 2.61. The summed E-state index contributed by atoms with van der Waals surface area (Å²) in [5.41, 5.74) is 2.83. The van der Waals surface area contributed by atoms with Gasteiger partial charge in [0.25, 0.3) is 0 Å². The van der Waals surface area contributed by atoms with E-state index in [1.807, 2.05) is 30.5 Å². The molecule has 3 aromatic rings. The van der Waals surface area contributed by atoms with Crippen LogP contribution in [0.4, 0.5) is 5.88 Å². The topological polar surface area (TPSA) is 108 Å². The van der Waals surface area contributed by atoms with Gasteiger partial charge in [-0.2, -0.15) is 0 Å². The second-order valence-electron chi connectivity index (χ2n) is 6.09. The van der Waals surface area contributed by atoms with Crippen molar-refractivity contribution in [2.45, 2.75) is 24.6 Å². The highest BCUT2D eigenvalue weighted by Gasteiger charge is 2.17. The molecule has 1 aromatic carbocycles. The van der Waals surface area contributed by atoms with Gasteiger partial charge in [0.15, 0.2) is 15.1 Å². The van der Waals surface area contributed by atoms with Crippen LogP contribution in [0, 0.1) is 17.0 Å². The number of nitro groups is 1. The first-order valence-electron chi connectivity index (χ1n) is 8.45. The van der Waals surface area contributed by atoms with Gasteiger partial charge in [0.1, 0.15) is 16.5 Å². The van der Waals surface area contributed by atoms with E-state index in [1.54, 1.807) is 14.0 Å². The van der Waals surface area contributed by atoms with Crippen molar-refractivity contribution in [2.75, 3.05) is 7.11 Å². The van der Waals surface area contributed by atoms with Crippen molar-refractivity contribution in [1.29, 1.82) is 0 Å². The molecule has 150 valence electrons. The molecule has 0 aliphatic carbocycles. The molecule has 0 aliphatic rings. The number of benzene rings is 1. The highest BCUT2D eigenvalue weighted by Crippen LogP contribution is 2.35. The standard InChI is InChI=1S/C19H17N3O5S2/c1-11-8-14(26-3)4-5-15(11)13(9-12(2)23)10-28-19-21-20-18(29-19)16-6-7-17(27-16)22(24)25/h4-8,10H,9H2,1-3H3/b13-10-. The number of allylic oxidation sites excluding steroid dienone is 1. The summed E-state index contributed by atoms with van der Waals surface area (Å²) in [6.07, 6.45) is 0.288. The Morgan fingerprint density at radius 1 is 1.34 bits per heavy atom. The fraction of sp³-hybridized carbons (Fsp3) is 0.211. The molecule has 0 bridgehead atoms. The maximum Gasteiger partial charge on any atom is 0.433 e. The fourth-order valence-corrected chi connectivity index (χ4v) is 4.27. The minimum Gasteiger partial charge on any atom is -0.497 e. The molecule has 29 heavy (non-hydrogen) atoms. The van der Waals surface area contributed by atoms with Crippen LogP contribution in [0.1, 0.15) is 24.5 Å². The van der Waals surface area contributed by atoms with Gasteiger partial charge in [-0.15, -0.1) is 10.2 Å². The number of Topliss-reactive ketones (excluding diaryl/α,β-unsaturated/α-hetero) is 1. The van der Waals surface area contributed by atoms with E-state index < -0.39 is 4.92 Å². The third-order valence-electron chi connectivity index (χ3n) is 3.91. The lowest BCUT2D eigenvalue weighted by molar-refractivity contribution is -0.401. The second-order valence-corrected chi connectivity index (χ2v) is 8.18. The molecule has 0 fully saturated rings. The summed E-state index contributed by atoms with van der Waals surface area (Å²) < 4.78 is 11.0. The second kappa shape index (κ2) is 9.01. The maximum absolute atomic E-state index is 11.8. The Kier molecular flexibility index (Phi) is 6.45. The molecule has 2 heterocycles. The van der Waals surface area contributed by atoms with Crippen LogP contribution in [0.5, 0.6) is 5.75 Å². The number of carbonyl (C=O) groups is 1. The van der Waals surface area contributed by atoms with Crippen LogP contribution in [0.3, 0.4) is 0 Å². The quantitative estimate of drug-likeness (QED) is 0.274. The summed E-state index contributed by atoms with van der Waals surface area (Å²) in [6.45, 7) is 3.51. The summed E-state index contributed by atoms with van der Waals surface area (Å²) >= 11 is 2.59. The molecule has 2 aromatic heterocycles. The molecule has 8 nitrogen and oxygen atoms in total. The van der Waals surface area contributed by atoms with Crippen LogP contribution in [-0.2, 0) is 4.79 Å². The molecule has 10 heteroatoms. The van der Waals surface area contributed by atoms with E-state index in [0.29, 0.717) is 15.1 Å². The van der Waals surface area contributed by atoms with Crippen molar-refractivity contribution in [3.8, 4) is 16.5 Å². The summed E-state index contributed by atoms with van der Waals surface area (Å²) in [7, 11) is 1.61. The minimum absolute atomic E-state index is 0.0490. The van der Waals surface area contributed by atoms with Gasteiger partial charge in [-0.3, -0.25) is 14.9 Å². The molecule has 0 N–H and O–H groups in total. The lowest BCUT2D eigenvalue weighted by Gasteiger charge is -2.11. The molecule has 0 radical (unpaired) electrons. The number of aromatic nitrogens is 2. The predicted molar refractivity (Wildman–Crippen MR) is 111 cm³/mol. The van der Waals surface area contributed by atoms with Gasteiger partial charge in [0.05, 0.1) is 13.2 Å². The van der Waals surface area contributed by atoms with Gasteiger partial charge >= 0.3 is 5.88 Å². The Balaban J connectivity index is 1.83. The van der Waals surface area contributed by atoms with Crippen molar-refractivity contribution in [1.82, 2.24) is 10.2 Å². The zero-order valence-corrected chi connectivity index (χ0v) is 17.5. The molecule has 0 aliphatic heterocycles. The van der Waals surface area contributed by atoms with Gasteiger partial charge in [0.2, 0.25) is 0 Å². The monoisotopic (exact) mass is 431 g/mol. The summed E-state index contributed by atoms with van der Waals surface area (Å²) in [5, 5.41) is 21.2. The van der Waals surface area contributed by atoms with Gasteiger partial charge < -0.3 is 9.15 Å². The van der Waals surface area contributed by atoms with E-state index in [2.05, 4.69) is 10.2 Å². The van der Waals surface area contributed by atoms with E-state index in [0.717, 1.165) is 22.4 Å². The third-order valence-corrected chi connectivity index (χ3v) is 5.87. The zero-order valence-electron chi connectivity index (χ0n) is 15.9. The maximum atomic E-state index is 11.8. The van der Waals surface area contributed by atoms with Crippen molar-refractivity contribution >= 4 is 40.3 Å². The Morgan fingerprint density at radius 2 is 2.14 bits per heavy atom. The van der Waals surface area contributed by atoms with Crippen LogP contribution in [0.15, 0.2) is 44.5 Å². The molecule has 0 saturated heterocycles. The molecule has 0 spiro atoms. The summed E-state index contributed by atoms with van der Waals surface area (Å²) in [5.74, 6) is 0.748. The lowest BCUT2D eigenvalue weighted by atomic mass is 9.98. The molecule has 0 saturated carbocycles. The Bertz CT molecular complexity index is 1090. The van der Waals surface area contributed by atoms with Crippen molar-refractivity contribution in [3.63, 3.8) is 0 Å². The SMILES string of the molecule is COc1ccc(/C(=C\Sc2nnc(-c3ccc([N+](=O)[O-])o3)s2)CC(C)=O)c(C)c1. The van der Waals surface area contributed by atoms with E-state index in [9.17, 15) is 14.9 Å². The molecular weight excluding hydrogens is 414 g/mol. The number of ketones is 1. The van der Waals surface area contributed by atoms with E-state index in [4.69, 9.17) is 9.15 Å². The van der Waals surface area contributed by atoms with Crippen LogP contribution < -0.4 is 4.74 Å². The number of hydrogen-bond donors (Lipinski definition) is 0. The third kappa shape index (κ3) is 5.09. The molecule has 0 atom stereocenters. The normalized spacial score (nSPS) is 11.5. The van der Waals surface area contributed by atoms with Gasteiger partial charge in [0, 0.05) is 6.42 Å². The largest absolute Gasteiger partial charge is 0.497 e. The Morgan fingerprint density at radius 3 is 2.76 bits per heavy atom. The number of nitrogens with zero attached hydrogens (tertiary/aromatic N) is 3. The molecule has 3 rings (SSSR count). The van der Waals surface area contributed by atoms with Gasteiger partial charge in [-0.25, -0.2) is 0 Å². The predicted octanol–water partition coefficient (Wildman–Crippen LogP) is 5.14. The average Bonchev–Trinajstić information content (AvgIpc) is 3.34. The molecule has 0 unspecified atom stereocenters. The molecule has 0 amide bonds. The summed E-state index contributed by atoms with van der Waals surface area (Å²) in [4.78, 5) is 21.9. The van der Waals surface area contributed by atoms with E-state index in [1.165, 1.54) is 35.2 Å². The number of aryl methyl sites for hydroxylation is 1. The van der Waals surface area contributed by atoms with Crippen molar-refractivity contribution in [2.24, 2.45) is 0 Å².